The third kappa shape index (κ3) is 5.36. The van der Waals surface area contributed by atoms with Crippen LogP contribution in [0.4, 0.5) is 0 Å². The van der Waals surface area contributed by atoms with Crippen LogP contribution in [0, 0.1) is 69.1 Å². The van der Waals surface area contributed by atoms with Crippen molar-refractivity contribution in [1.82, 2.24) is 0 Å². The molecule has 0 heterocycles. The Labute approximate surface area is 149 Å². The third-order valence-electron chi connectivity index (χ3n) is 3.59. The van der Waals surface area contributed by atoms with Gasteiger partial charge >= 0.3 is 23.0 Å². The SMILES string of the molecule is COC(=O)C1(/C(O)=C/C(=O)[C]2[CH][CH][CH][CH]2)CC1.[CH]1[CH][CH][CH][CH]1.[Fe+2]. The van der Waals surface area contributed by atoms with E-state index in [1.807, 2.05) is 32.1 Å². The molecule has 0 aromatic carbocycles. The number of allylic oxidation sites excluding steroid dienone is 1. The first-order valence-corrected chi connectivity index (χ1v) is 7.02. The van der Waals surface area contributed by atoms with E-state index in [1.54, 1.807) is 25.7 Å². The van der Waals surface area contributed by atoms with Crippen LogP contribution in [0.3, 0.4) is 0 Å². The molecule has 0 amide bonds. The van der Waals surface area contributed by atoms with Gasteiger partial charge in [-0.15, -0.1) is 0 Å². The molecule has 3 fully saturated rings. The smallest absolute Gasteiger partial charge is 0.511 e. The molecule has 5 heteroatoms. The Morgan fingerprint density at radius 1 is 1.04 bits per heavy atom. The maximum atomic E-state index is 11.7. The molecule has 0 atom stereocenters. The summed E-state index contributed by atoms with van der Waals surface area (Å²) in [7, 11) is 1.27. The summed E-state index contributed by atoms with van der Waals surface area (Å²) in [4.78, 5) is 23.2. The van der Waals surface area contributed by atoms with Crippen molar-refractivity contribution in [1.29, 1.82) is 0 Å². The van der Waals surface area contributed by atoms with Crippen molar-refractivity contribution in [3.8, 4) is 0 Å². The Hall–Kier alpha value is -0.801. The molecule has 3 saturated carbocycles. The molecule has 0 aromatic heterocycles. The van der Waals surface area contributed by atoms with E-state index in [-0.39, 0.29) is 28.6 Å². The van der Waals surface area contributed by atoms with Crippen molar-refractivity contribution in [2.45, 2.75) is 12.8 Å². The zero-order valence-corrected chi connectivity index (χ0v) is 13.8. The minimum Gasteiger partial charge on any atom is -0.511 e. The predicted molar refractivity (Wildman–Crippen MR) is 81.3 cm³/mol. The fourth-order valence-electron chi connectivity index (χ4n) is 2.09. The van der Waals surface area contributed by atoms with E-state index in [0.717, 1.165) is 6.08 Å². The van der Waals surface area contributed by atoms with E-state index in [2.05, 4.69) is 4.74 Å². The standard InChI is InChI=1S/C13H13O4.C5H5.Fe/c1-17-12(16)13(6-7-13)11(15)8-10(14)9-4-2-3-5-9;1-2-4-5-3-1;/h2-5,8,15H,6-7H2,1H3;1-5H;/q;;+2/b11-8-;;. The Morgan fingerprint density at radius 3 is 1.91 bits per heavy atom. The van der Waals surface area contributed by atoms with Gasteiger partial charge in [-0.2, -0.15) is 0 Å². The van der Waals surface area contributed by atoms with Crippen LogP contribution in [-0.4, -0.2) is 24.0 Å². The molecule has 23 heavy (non-hydrogen) atoms. The first-order chi connectivity index (χ1) is 10.6. The maximum Gasteiger partial charge on any atom is 2.00 e. The van der Waals surface area contributed by atoms with Gasteiger partial charge in [0, 0.05) is 6.08 Å². The van der Waals surface area contributed by atoms with Gasteiger partial charge in [-0.05, 0) is 70.6 Å². The number of hydrogen-bond donors (Lipinski definition) is 1. The van der Waals surface area contributed by atoms with E-state index in [0.29, 0.717) is 18.8 Å². The van der Waals surface area contributed by atoms with Crippen molar-refractivity contribution < 1.29 is 36.5 Å². The Morgan fingerprint density at radius 2 is 1.52 bits per heavy atom. The van der Waals surface area contributed by atoms with Crippen LogP contribution in [0.25, 0.3) is 0 Å². The largest absolute Gasteiger partial charge is 2.00 e. The molecule has 0 unspecified atom stereocenters. The summed E-state index contributed by atoms with van der Waals surface area (Å²) >= 11 is 0. The topological polar surface area (TPSA) is 63.6 Å². The summed E-state index contributed by atoms with van der Waals surface area (Å²) in [5.74, 6) is -0.489. The molecular formula is C18H18FeO4+2. The summed E-state index contributed by atoms with van der Waals surface area (Å²) in [6.45, 7) is 0. The first-order valence-electron chi connectivity index (χ1n) is 7.02. The number of rotatable bonds is 4. The average molecular weight is 354 g/mol. The molecule has 0 spiro atoms. The first kappa shape index (κ1) is 20.2. The fraction of sp³-hybridized carbons (Fsp3) is 0.222. The molecular weight excluding hydrogens is 336 g/mol. The van der Waals surface area contributed by atoms with Crippen molar-refractivity contribution in [2.24, 2.45) is 5.41 Å². The van der Waals surface area contributed by atoms with E-state index < -0.39 is 11.4 Å². The Balaban J connectivity index is 0.000000377. The van der Waals surface area contributed by atoms with Gasteiger partial charge in [0.25, 0.3) is 0 Å². The van der Waals surface area contributed by atoms with Crippen molar-refractivity contribution in [3.05, 3.63) is 75.5 Å². The van der Waals surface area contributed by atoms with Gasteiger partial charge in [-0.1, -0.05) is 0 Å². The van der Waals surface area contributed by atoms with Crippen LogP contribution in [0.1, 0.15) is 12.8 Å². The molecule has 0 aromatic rings. The summed E-state index contributed by atoms with van der Waals surface area (Å²) in [5.41, 5.74) is -0.975. The molecule has 0 saturated heterocycles. The molecule has 3 aliphatic carbocycles. The molecule has 1 N–H and O–H groups in total. The molecule has 4 nitrogen and oxygen atoms in total. The van der Waals surface area contributed by atoms with Crippen LogP contribution in [0.15, 0.2) is 11.8 Å². The number of aliphatic hydroxyl groups excluding tert-OH is 1. The third-order valence-corrected chi connectivity index (χ3v) is 3.59. The zero-order chi connectivity index (χ0) is 16.0. The quantitative estimate of drug-likeness (QED) is 0.364. The fourth-order valence-corrected chi connectivity index (χ4v) is 2.09. The van der Waals surface area contributed by atoms with Crippen molar-refractivity contribution in [2.75, 3.05) is 7.11 Å². The summed E-state index contributed by atoms with van der Waals surface area (Å²) in [6.07, 6.45) is 19.0. The molecule has 3 rings (SSSR count). The number of ketones is 1. The Bertz CT molecular complexity index is 423. The average Bonchev–Trinajstić information content (AvgIpc) is 2.99. The van der Waals surface area contributed by atoms with Crippen LogP contribution >= 0.6 is 0 Å². The van der Waals surface area contributed by atoms with Crippen molar-refractivity contribution >= 4 is 11.8 Å². The molecule has 3 aliphatic rings. The van der Waals surface area contributed by atoms with E-state index >= 15 is 0 Å². The zero-order valence-electron chi connectivity index (χ0n) is 12.7. The van der Waals surface area contributed by atoms with Crippen LogP contribution in [-0.2, 0) is 31.4 Å². The number of aliphatic hydroxyl groups is 1. The second-order valence-corrected chi connectivity index (χ2v) is 5.10. The van der Waals surface area contributed by atoms with Gasteiger partial charge in [0.05, 0.1) is 13.0 Å². The molecule has 120 valence electrons. The number of esters is 1. The van der Waals surface area contributed by atoms with Gasteiger partial charge < -0.3 is 9.84 Å². The summed E-state index contributed by atoms with van der Waals surface area (Å²) in [6, 6.07) is 0. The van der Waals surface area contributed by atoms with E-state index in [9.17, 15) is 14.7 Å². The van der Waals surface area contributed by atoms with E-state index in [1.165, 1.54) is 7.11 Å². The normalized spacial score (nSPS) is 22.6. The Kier molecular flexibility index (Phi) is 8.35. The maximum absolute atomic E-state index is 11.7. The van der Waals surface area contributed by atoms with Gasteiger partial charge in [-0.3, -0.25) is 9.59 Å². The van der Waals surface area contributed by atoms with Gasteiger partial charge in [-0.25, -0.2) is 0 Å². The minimum absolute atomic E-state index is 0. The predicted octanol–water partition coefficient (Wildman–Crippen LogP) is 2.37. The number of carbonyl (C=O) groups is 2. The molecule has 0 aliphatic heterocycles. The van der Waals surface area contributed by atoms with E-state index in [4.69, 9.17) is 0 Å². The van der Waals surface area contributed by atoms with Crippen LogP contribution in [0.2, 0.25) is 0 Å². The number of ether oxygens (including phenoxy) is 1. The van der Waals surface area contributed by atoms with Crippen molar-refractivity contribution in [3.63, 3.8) is 0 Å². The number of hydrogen-bond acceptors (Lipinski definition) is 4. The number of carbonyl (C=O) groups excluding carboxylic acids is 2. The second-order valence-electron chi connectivity index (χ2n) is 5.10. The number of methoxy groups -OCH3 is 1. The van der Waals surface area contributed by atoms with Crippen LogP contribution < -0.4 is 0 Å². The van der Waals surface area contributed by atoms with Gasteiger partial charge in [0.1, 0.15) is 11.2 Å². The minimum atomic E-state index is -0.975. The molecule has 0 bridgehead atoms. The van der Waals surface area contributed by atoms with Gasteiger partial charge in [0.15, 0.2) is 5.78 Å². The monoisotopic (exact) mass is 354 g/mol. The van der Waals surface area contributed by atoms with Crippen LogP contribution in [0.5, 0.6) is 0 Å². The molecule has 10 radical (unpaired) electrons. The summed E-state index contributed by atoms with van der Waals surface area (Å²) in [5, 5.41) is 9.85. The van der Waals surface area contributed by atoms with Gasteiger partial charge in [0.2, 0.25) is 0 Å². The second kappa shape index (κ2) is 9.48. The summed E-state index contributed by atoms with van der Waals surface area (Å²) < 4.78 is 4.62.